The average molecular weight is 207 g/mol. The van der Waals surface area contributed by atoms with Crippen LogP contribution in [0.2, 0.25) is 0 Å². The van der Waals surface area contributed by atoms with Crippen molar-refractivity contribution < 1.29 is 9.84 Å². The van der Waals surface area contributed by atoms with E-state index in [9.17, 15) is 0 Å². The molecule has 0 spiro atoms. The van der Waals surface area contributed by atoms with E-state index in [0.717, 1.165) is 36.7 Å². The van der Waals surface area contributed by atoms with Crippen LogP contribution in [0.3, 0.4) is 0 Å². The van der Waals surface area contributed by atoms with Gasteiger partial charge in [-0.1, -0.05) is 32.4 Å². The summed E-state index contributed by atoms with van der Waals surface area (Å²) in [5, 5.41) is 9.02. The Hall–Kier alpha value is -1.02. The van der Waals surface area contributed by atoms with Crippen LogP contribution in [-0.4, -0.2) is 18.3 Å². The summed E-state index contributed by atoms with van der Waals surface area (Å²) in [6.45, 7) is 4.92. The van der Waals surface area contributed by atoms with E-state index in [1.807, 2.05) is 31.2 Å². The van der Waals surface area contributed by atoms with Gasteiger partial charge in [-0.25, -0.2) is 0 Å². The summed E-state index contributed by atoms with van der Waals surface area (Å²) in [5.41, 5.74) is 1.05. The van der Waals surface area contributed by atoms with E-state index in [0.29, 0.717) is 0 Å². The zero-order valence-electron chi connectivity index (χ0n) is 9.49. The van der Waals surface area contributed by atoms with Crippen LogP contribution in [0.1, 0.15) is 32.3 Å². The quantitative estimate of drug-likeness (QED) is 0.727. The van der Waals surface area contributed by atoms with Crippen LogP contribution in [0.15, 0.2) is 24.3 Å². The highest BCUT2D eigenvalue weighted by Crippen LogP contribution is 2.19. The summed E-state index contributed by atoms with van der Waals surface area (Å²) in [4.78, 5) is 0. The monoisotopic (exact) mass is 207 g/mol. The van der Waals surface area contributed by atoms with Crippen molar-refractivity contribution in [3.63, 3.8) is 0 Å². The molecule has 0 aliphatic rings. The predicted molar refractivity (Wildman–Crippen MR) is 61.9 cm³/mol. The molecule has 0 amide bonds. The molecule has 0 unspecified atom stereocenters. The molecular weight excluding hydrogens is 188 g/mol. The van der Waals surface area contributed by atoms with Gasteiger partial charge in [0.25, 0.3) is 0 Å². The molecule has 0 atom stereocenters. The molecule has 0 saturated carbocycles. The van der Waals surface area contributed by atoms with E-state index in [2.05, 4.69) is 6.92 Å². The van der Waals surface area contributed by atoms with Crippen LogP contribution >= 0.6 is 0 Å². The molecule has 0 saturated heterocycles. The van der Waals surface area contributed by atoms with Gasteiger partial charge in [-0.05, 0) is 24.1 Å². The van der Waals surface area contributed by atoms with Crippen LogP contribution in [0.25, 0.3) is 0 Å². The van der Waals surface area contributed by atoms with Gasteiger partial charge in [0.1, 0.15) is 5.75 Å². The Labute approximate surface area is 91.9 Å². The molecule has 1 aromatic carbocycles. The summed E-state index contributed by atoms with van der Waals surface area (Å²) >= 11 is 0. The van der Waals surface area contributed by atoms with E-state index in [1.54, 1.807) is 0 Å². The third kappa shape index (κ3) is 3.92. The Morgan fingerprint density at radius 1 is 1.40 bits per heavy atom. The maximum absolute atomic E-state index is 9.02. The smallest absolute Gasteiger partial charge is 0.119 e. The van der Waals surface area contributed by atoms with Gasteiger partial charge < -0.3 is 9.84 Å². The highest BCUT2D eigenvalue weighted by molar-refractivity contribution is 5.36. The Balaban J connectivity index is 2.57. The van der Waals surface area contributed by atoms with E-state index in [4.69, 9.17) is 9.84 Å². The lowest BCUT2D eigenvalue weighted by Crippen LogP contribution is -2.01. The van der Waals surface area contributed by atoms with E-state index in [-0.39, 0.29) is 6.61 Å². The maximum atomic E-state index is 9.02. The van der Waals surface area contributed by atoms with Crippen molar-refractivity contribution >= 4 is 0 Å². The van der Waals surface area contributed by atoms with Gasteiger partial charge in [0.05, 0.1) is 13.2 Å². The fraction of sp³-hybridized carbons (Fsp3) is 0.462. The Morgan fingerprint density at radius 3 is 2.87 bits per heavy atom. The SMILES string of the molecule is CCCCOc1cccc([C](C)CO)c1. The van der Waals surface area contributed by atoms with Crippen LogP contribution in [0.5, 0.6) is 5.75 Å². The number of ether oxygens (including phenoxy) is 1. The van der Waals surface area contributed by atoms with Gasteiger partial charge in [-0.15, -0.1) is 0 Å². The zero-order chi connectivity index (χ0) is 11.1. The van der Waals surface area contributed by atoms with E-state index < -0.39 is 0 Å². The number of hydrogen-bond acceptors (Lipinski definition) is 2. The number of benzene rings is 1. The third-order valence-corrected chi connectivity index (χ3v) is 2.33. The summed E-state index contributed by atoms with van der Waals surface area (Å²) in [7, 11) is 0. The molecule has 0 aliphatic carbocycles. The van der Waals surface area contributed by atoms with E-state index in [1.165, 1.54) is 0 Å². The molecule has 1 aromatic rings. The predicted octanol–water partition coefficient (Wildman–Crippen LogP) is 2.80. The van der Waals surface area contributed by atoms with E-state index >= 15 is 0 Å². The second-order valence-corrected chi connectivity index (χ2v) is 3.67. The molecule has 1 N–H and O–H groups in total. The number of hydrogen-bond donors (Lipinski definition) is 1. The second-order valence-electron chi connectivity index (χ2n) is 3.67. The minimum atomic E-state index is 0.0956. The number of unbranched alkanes of at least 4 members (excludes halogenated alkanes) is 1. The molecule has 2 nitrogen and oxygen atoms in total. The summed E-state index contributed by atoms with van der Waals surface area (Å²) in [6, 6.07) is 7.86. The van der Waals surface area contributed by atoms with Crippen LogP contribution in [0.4, 0.5) is 0 Å². The molecule has 1 radical (unpaired) electrons. The van der Waals surface area contributed by atoms with Crippen molar-refractivity contribution in [1.29, 1.82) is 0 Å². The Kier molecular flexibility index (Phi) is 5.19. The molecule has 15 heavy (non-hydrogen) atoms. The maximum Gasteiger partial charge on any atom is 0.119 e. The molecule has 1 rings (SSSR count). The summed E-state index contributed by atoms with van der Waals surface area (Å²) < 4.78 is 5.59. The molecule has 0 bridgehead atoms. The minimum absolute atomic E-state index is 0.0956. The molecular formula is C13H19O2. The van der Waals surface area contributed by atoms with Gasteiger partial charge in [0.2, 0.25) is 0 Å². The standard InChI is InChI=1S/C13H19O2/c1-3-4-8-15-13-7-5-6-12(9-13)11(2)10-14/h5-7,9,14H,3-4,8,10H2,1-2H3. The Morgan fingerprint density at radius 2 is 2.20 bits per heavy atom. The third-order valence-electron chi connectivity index (χ3n) is 2.33. The van der Waals surface area contributed by atoms with Gasteiger partial charge in [0, 0.05) is 5.92 Å². The lowest BCUT2D eigenvalue weighted by molar-refractivity contribution is 0.307. The van der Waals surface area contributed by atoms with Crippen LogP contribution in [-0.2, 0) is 0 Å². The first kappa shape index (κ1) is 12.1. The van der Waals surface area contributed by atoms with Crippen LogP contribution in [0, 0.1) is 5.92 Å². The topological polar surface area (TPSA) is 29.5 Å². The molecule has 83 valence electrons. The largest absolute Gasteiger partial charge is 0.494 e. The van der Waals surface area contributed by atoms with Crippen molar-refractivity contribution in [2.75, 3.05) is 13.2 Å². The average Bonchev–Trinajstić information content (AvgIpc) is 2.29. The summed E-state index contributed by atoms with van der Waals surface area (Å²) in [5.74, 6) is 1.85. The molecule has 0 fully saturated rings. The first-order chi connectivity index (χ1) is 7.27. The first-order valence-electron chi connectivity index (χ1n) is 5.44. The number of aliphatic hydroxyl groups excluding tert-OH is 1. The van der Waals surface area contributed by atoms with Crippen molar-refractivity contribution in [3.05, 3.63) is 35.7 Å². The summed E-state index contributed by atoms with van der Waals surface area (Å²) in [6.07, 6.45) is 2.22. The second kappa shape index (κ2) is 6.46. The van der Waals surface area contributed by atoms with Crippen molar-refractivity contribution in [1.82, 2.24) is 0 Å². The zero-order valence-corrected chi connectivity index (χ0v) is 9.49. The number of aliphatic hydroxyl groups is 1. The molecule has 0 heterocycles. The lowest BCUT2D eigenvalue weighted by atomic mass is 10.0. The normalized spacial score (nSPS) is 10.7. The van der Waals surface area contributed by atoms with Gasteiger partial charge >= 0.3 is 0 Å². The van der Waals surface area contributed by atoms with Crippen molar-refractivity contribution in [2.24, 2.45) is 0 Å². The molecule has 0 aromatic heterocycles. The van der Waals surface area contributed by atoms with Gasteiger partial charge in [-0.2, -0.15) is 0 Å². The Bertz CT molecular complexity index is 284. The highest BCUT2D eigenvalue weighted by atomic mass is 16.5. The highest BCUT2D eigenvalue weighted by Gasteiger charge is 2.05. The van der Waals surface area contributed by atoms with Crippen molar-refractivity contribution in [3.8, 4) is 5.75 Å². The fourth-order valence-corrected chi connectivity index (χ4v) is 1.28. The minimum Gasteiger partial charge on any atom is -0.494 e. The molecule has 2 heteroatoms. The van der Waals surface area contributed by atoms with Gasteiger partial charge in [0.15, 0.2) is 0 Å². The lowest BCUT2D eigenvalue weighted by Gasteiger charge is -2.10. The van der Waals surface area contributed by atoms with Gasteiger partial charge in [-0.3, -0.25) is 0 Å². The molecule has 0 aliphatic heterocycles. The number of rotatable bonds is 6. The van der Waals surface area contributed by atoms with Crippen molar-refractivity contribution in [2.45, 2.75) is 26.7 Å². The van der Waals surface area contributed by atoms with Crippen LogP contribution < -0.4 is 4.74 Å². The fourth-order valence-electron chi connectivity index (χ4n) is 1.28. The first-order valence-corrected chi connectivity index (χ1v) is 5.44.